The van der Waals surface area contributed by atoms with E-state index in [1.165, 1.54) is 25.7 Å². The van der Waals surface area contributed by atoms with E-state index < -0.39 is 0 Å². The molecule has 2 N–H and O–H groups in total. The van der Waals surface area contributed by atoms with E-state index in [9.17, 15) is 4.79 Å². The topological polar surface area (TPSA) is 50.4 Å². The van der Waals surface area contributed by atoms with Crippen LogP contribution >= 0.6 is 0 Å². The Labute approximate surface area is 124 Å². The third kappa shape index (κ3) is 7.85. The molecule has 4 heteroatoms. The van der Waals surface area contributed by atoms with Crippen LogP contribution in [-0.4, -0.2) is 37.7 Å². The predicted molar refractivity (Wildman–Crippen MR) is 82.8 cm³/mol. The molecule has 0 aromatic rings. The highest BCUT2D eigenvalue weighted by Crippen LogP contribution is 2.17. The zero-order valence-corrected chi connectivity index (χ0v) is 13.2. The number of carbonyl (C=O) groups excluding carboxylic acids is 1. The summed E-state index contributed by atoms with van der Waals surface area (Å²) in [4.78, 5) is 12.0. The zero-order chi connectivity index (χ0) is 14.6. The fourth-order valence-electron chi connectivity index (χ4n) is 2.51. The van der Waals surface area contributed by atoms with Crippen LogP contribution in [0, 0.1) is 0 Å². The Morgan fingerprint density at radius 2 is 1.90 bits per heavy atom. The van der Waals surface area contributed by atoms with E-state index >= 15 is 0 Å². The van der Waals surface area contributed by atoms with Gasteiger partial charge in [-0.2, -0.15) is 0 Å². The highest BCUT2D eigenvalue weighted by Gasteiger charge is 2.18. The molecule has 118 valence electrons. The lowest BCUT2D eigenvalue weighted by Crippen LogP contribution is -2.47. The molecular formula is C16H32N2O2. The van der Waals surface area contributed by atoms with Gasteiger partial charge in [-0.1, -0.05) is 32.6 Å². The van der Waals surface area contributed by atoms with Crippen LogP contribution in [0.2, 0.25) is 0 Å². The molecule has 1 amide bonds. The molecule has 1 saturated carbocycles. The Kier molecular flexibility index (Phi) is 9.67. The Morgan fingerprint density at radius 3 is 2.60 bits per heavy atom. The SMILES string of the molecule is CCCCOCCCNC(C)C(=O)NC1CCCCC1. The molecule has 1 rings (SSSR count). The monoisotopic (exact) mass is 284 g/mol. The summed E-state index contributed by atoms with van der Waals surface area (Å²) in [5.41, 5.74) is 0. The van der Waals surface area contributed by atoms with Gasteiger partial charge in [-0.3, -0.25) is 4.79 Å². The summed E-state index contributed by atoms with van der Waals surface area (Å²) in [5, 5.41) is 6.43. The van der Waals surface area contributed by atoms with Crippen molar-refractivity contribution in [2.45, 2.75) is 77.3 Å². The lowest BCUT2D eigenvalue weighted by Gasteiger charge is -2.24. The normalized spacial score (nSPS) is 17.9. The first-order valence-corrected chi connectivity index (χ1v) is 8.35. The minimum atomic E-state index is -0.104. The fourth-order valence-corrected chi connectivity index (χ4v) is 2.51. The summed E-state index contributed by atoms with van der Waals surface area (Å²) in [7, 11) is 0. The molecule has 0 saturated heterocycles. The van der Waals surface area contributed by atoms with Gasteiger partial charge in [0.05, 0.1) is 6.04 Å². The first-order chi connectivity index (χ1) is 9.74. The van der Waals surface area contributed by atoms with Crippen LogP contribution in [0.25, 0.3) is 0 Å². The smallest absolute Gasteiger partial charge is 0.237 e. The molecule has 0 aliphatic heterocycles. The van der Waals surface area contributed by atoms with E-state index in [4.69, 9.17) is 4.74 Å². The molecule has 0 bridgehead atoms. The minimum absolute atomic E-state index is 0.104. The minimum Gasteiger partial charge on any atom is -0.381 e. The molecule has 0 spiro atoms. The van der Waals surface area contributed by atoms with Gasteiger partial charge in [0.2, 0.25) is 5.91 Å². The first kappa shape index (κ1) is 17.4. The average Bonchev–Trinajstić information content (AvgIpc) is 2.47. The molecule has 1 atom stereocenters. The number of rotatable bonds is 10. The maximum Gasteiger partial charge on any atom is 0.237 e. The van der Waals surface area contributed by atoms with Crippen LogP contribution in [0.4, 0.5) is 0 Å². The predicted octanol–water partition coefficient (Wildman–Crippen LogP) is 2.62. The second-order valence-electron chi connectivity index (χ2n) is 5.84. The number of amides is 1. The number of carbonyl (C=O) groups is 1. The molecular weight excluding hydrogens is 252 g/mol. The van der Waals surface area contributed by atoms with Crippen LogP contribution in [0.3, 0.4) is 0 Å². The van der Waals surface area contributed by atoms with Crippen LogP contribution < -0.4 is 10.6 Å². The summed E-state index contributed by atoms with van der Waals surface area (Å²) >= 11 is 0. The largest absolute Gasteiger partial charge is 0.381 e. The van der Waals surface area contributed by atoms with Crippen LogP contribution in [-0.2, 0) is 9.53 Å². The molecule has 0 aromatic carbocycles. The van der Waals surface area contributed by atoms with Crippen molar-refractivity contribution in [3.05, 3.63) is 0 Å². The summed E-state index contributed by atoms with van der Waals surface area (Å²) in [6, 6.07) is 0.297. The van der Waals surface area contributed by atoms with Crippen molar-refractivity contribution in [3.63, 3.8) is 0 Å². The molecule has 1 aliphatic rings. The third-order valence-corrected chi connectivity index (χ3v) is 3.90. The molecule has 0 radical (unpaired) electrons. The Hall–Kier alpha value is -0.610. The summed E-state index contributed by atoms with van der Waals surface area (Å²) in [5.74, 6) is 0.142. The molecule has 1 aliphatic carbocycles. The van der Waals surface area contributed by atoms with Crippen LogP contribution in [0.1, 0.15) is 65.2 Å². The molecule has 1 unspecified atom stereocenters. The van der Waals surface area contributed by atoms with Crippen molar-refractivity contribution in [1.82, 2.24) is 10.6 Å². The van der Waals surface area contributed by atoms with Crippen molar-refractivity contribution in [1.29, 1.82) is 0 Å². The van der Waals surface area contributed by atoms with Gasteiger partial charge in [0, 0.05) is 19.3 Å². The Morgan fingerprint density at radius 1 is 1.20 bits per heavy atom. The Bertz CT molecular complexity index is 253. The van der Waals surface area contributed by atoms with Gasteiger partial charge in [-0.05, 0) is 39.2 Å². The molecule has 0 heterocycles. The van der Waals surface area contributed by atoms with E-state index in [1.54, 1.807) is 0 Å². The van der Waals surface area contributed by atoms with E-state index in [0.29, 0.717) is 6.04 Å². The average molecular weight is 284 g/mol. The van der Waals surface area contributed by atoms with E-state index in [2.05, 4.69) is 17.6 Å². The van der Waals surface area contributed by atoms with Gasteiger partial charge in [-0.15, -0.1) is 0 Å². The fraction of sp³-hybridized carbons (Fsp3) is 0.938. The number of ether oxygens (including phenoxy) is 1. The van der Waals surface area contributed by atoms with E-state index in [1.807, 2.05) is 6.92 Å². The zero-order valence-electron chi connectivity index (χ0n) is 13.2. The standard InChI is InChI=1S/C16H32N2O2/c1-3-4-12-20-13-8-11-17-14(2)16(19)18-15-9-6-5-7-10-15/h14-15,17H,3-13H2,1-2H3,(H,18,19). The maximum absolute atomic E-state index is 12.0. The number of hydrogen-bond donors (Lipinski definition) is 2. The summed E-state index contributed by atoms with van der Waals surface area (Å²) in [6.45, 7) is 6.58. The molecule has 4 nitrogen and oxygen atoms in total. The van der Waals surface area contributed by atoms with Gasteiger partial charge in [0.15, 0.2) is 0 Å². The molecule has 20 heavy (non-hydrogen) atoms. The number of hydrogen-bond acceptors (Lipinski definition) is 3. The number of unbranched alkanes of at least 4 members (excludes halogenated alkanes) is 1. The van der Waals surface area contributed by atoms with Crippen LogP contribution in [0.15, 0.2) is 0 Å². The van der Waals surface area contributed by atoms with E-state index in [0.717, 1.165) is 45.4 Å². The number of nitrogens with one attached hydrogen (secondary N) is 2. The second kappa shape index (κ2) is 11.1. The lowest BCUT2D eigenvalue weighted by atomic mass is 9.95. The molecule has 0 aromatic heterocycles. The maximum atomic E-state index is 12.0. The highest BCUT2D eigenvalue weighted by atomic mass is 16.5. The van der Waals surface area contributed by atoms with Crippen molar-refractivity contribution in [2.24, 2.45) is 0 Å². The quantitative estimate of drug-likeness (QED) is 0.606. The second-order valence-corrected chi connectivity index (χ2v) is 5.84. The lowest BCUT2D eigenvalue weighted by molar-refractivity contribution is -0.123. The third-order valence-electron chi connectivity index (χ3n) is 3.90. The van der Waals surface area contributed by atoms with Crippen molar-refractivity contribution in [3.8, 4) is 0 Å². The summed E-state index contributed by atoms with van der Waals surface area (Å²) < 4.78 is 5.50. The summed E-state index contributed by atoms with van der Waals surface area (Å²) in [6.07, 6.45) is 9.38. The van der Waals surface area contributed by atoms with Gasteiger partial charge < -0.3 is 15.4 Å². The van der Waals surface area contributed by atoms with Crippen LogP contribution in [0.5, 0.6) is 0 Å². The Balaban J connectivity index is 2.00. The van der Waals surface area contributed by atoms with Crippen molar-refractivity contribution >= 4 is 5.91 Å². The van der Waals surface area contributed by atoms with Gasteiger partial charge >= 0.3 is 0 Å². The highest BCUT2D eigenvalue weighted by molar-refractivity contribution is 5.81. The molecule has 1 fully saturated rings. The first-order valence-electron chi connectivity index (χ1n) is 8.35. The van der Waals surface area contributed by atoms with Crippen molar-refractivity contribution < 1.29 is 9.53 Å². The van der Waals surface area contributed by atoms with Gasteiger partial charge in [0.25, 0.3) is 0 Å². The van der Waals surface area contributed by atoms with Gasteiger partial charge in [0.1, 0.15) is 0 Å². The van der Waals surface area contributed by atoms with Gasteiger partial charge in [-0.25, -0.2) is 0 Å². The van der Waals surface area contributed by atoms with E-state index in [-0.39, 0.29) is 11.9 Å². The van der Waals surface area contributed by atoms with Crippen molar-refractivity contribution in [2.75, 3.05) is 19.8 Å².